The van der Waals surface area contributed by atoms with Gasteiger partial charge in [-0.3, -0.25) is 9.78 Å². The Bertz CT molecular complexity index is 994. The summed E-state index contributed by atoms with van der Waals surface area (Å²) in [5.41, 5.74) is 4.00. The van der Waals surface area contributed by atoms with Gasteiger partial charge in [0.1, 0.15) is 0 Å². The molecule has 28 heavy (non-hydrogen) atoms. The van der Waals surface area contributed by atoms with Gasteiger partial charge in [0.2, 0.25) is 5.91 Å². The van der Waals surface area contributed by atoms with Crippen molar-refractivity contribution in [1.29, 1.82) is 0 Å². The van der Waals surface area contributed by atoms with Crippen LogP contribution in [0.1, 0.15) is 23.5 Å². The first-order valence-corrected chi connectivity index (χ1v) is 9.93. The zero-order valence-electron chi connectivity index (χ0n) is 15.2. The first-order valence-electron chi connectivity index (χ1n) is 9.05. The van der Waals surface area contributed by atoms with Crippen LogP contribution in [0.2, 0.25) is 0 Å². The van der Waals surface area contributed by atoms with Crippen molar-refractivity contribution in [3.63, 3.8) is 0 Å². The Kier molecular flexibility index (Phi) is 5.54. The molecule has 0 spiro atoms. The minimum atomic E-state index is -0.0511. The van der Waals surface area contributed by atoms with Crippen molar-refractivity contribution in [3.05, 3.63) is 102 Å². The molecule has 5 heteroatoms. The number of pyridine rings is 1. The lowest BCUT2D eigenvalue weighted by atomic mass is 9.88. The molecule has 2 aromatic carbocycles. The molecule has 0 radical (unpaired) electrons. The third-order valence-corrected chi connectivity index (χ3v) is 5.26. The Balaban J connectivity index is 1.50. The number of anilines is 1. The number of aromatic nitrogens is 2. The van der Waals surface area contributed by atoms with Crippen LogP contribution >= 0.6 is 11.3 Å². The van der Waals surface area contributed by atoms with Gasteiger partial charge in [-0.05, 0) is 23.3 Å². The van der Waals surface area contributed by atoms with E-state index in [1.165, 1.54) is 11.3 Å². The van der Waals surface area contributed by atoms with Crippen LogP contribution in [0, 0.1) is 0 Å². The van der Waals surface area contributed by atoms with Gasteiger partial charge in [-0.1, -0.05) is 60.7 Å². The molecule has 4 aromatic rings. The normalized spacial score (nSPS) is 10.8. The van der Waals surface area contributed by atoms with Crippen molar-refractivity contribution < 1.29 is 4.79 Å². The fourth-order valence-electron chi connectivity index (χ4n) is 3.13. The van der Waals surface area contributed by atoms with Crippen molar-refractivity contribution in [1.82, 2.24) is 9.97 Å². The largest absolute Gasteiger partial charge is 0.302 e. The SMILES string of the molecule is O=C(CC(c1ccccc1)c1ccccc1)Nc1nc(-c2cccnc2)cs1. The monoisotopic (exact) mass is 385 g/mol. The molecule has 0 saturated heterocycles. The molecule has 2 aromatic heterocycles. The lowest BCUT2D eigenvalue weighted by Crippen LogP contribution is -2.16. The Morgan fingerprint density at radius 3 is 2.21 bits per heavy atom. The van der Waals surface area contributed by atoms with Gasteiger partial charge < -0.3 is 5.32 Å². The van der Waals surface area contributed by atoms with Gasteiger partial charge in [0.15, 0.2) is 5.13 Å². The van der Waals surface area contributed by atoms with Crippen molar-refractivity contribution >= 4 is 22.4 Å². The Morgan fingerprint density at radius 1 is 0.929 bits per heavy atom. The molecule has 0 atom stereocenters. The standard InChI is InChI=1S/C23H19N3OS/c27-22(26-23-25-21(16-28-23)19-12-7-13-24-15-19)14-20(17-8-3-1-4-9-17)18-10-5-2-6-11-18/h1-13,15-16,20H,14H2,(H,25,26,27). The van der Waals surface area contributed by atoms with E-state index in [9.17, 15) is 4.79 Å². The molecule has 0 aliphatic carbocycles. The van der Waals surface area contributed by atoms with E-state index in [1.807, 2.05) is 53.9 Å². The van der Waals surface area contributed by atoms with Crippen molar-refractivity contribution in [3.8, 4) is 11.3 Å². The smallest absolute Gasteiger partial charge is 0.227 e. The molecular weight excluding hydrogens is 366 g/mol. The summed E-state index contributed by atoms with van der Waals surface area (Å²) in [7, 11) is 0. The number of hydrogen-bond acceptors (Lipinski definition) is 4. The van der Waals surface area contributed by atoms with Crippen LogP contribution in [0.3, 0.4) is 0 Å². The number of carbonyl (C=O) groups excluding carboxylic acids is 1. The third kappa shape index (κ3) is 4.32. The van der Waals surface area contributed by atoms with E-state index < -0.39 is 0 Å². The van der Waals surface area contributed by atoms with Crippen LogP contribution in [0.5, 0.6) is 0 Å². The molecule has 0 unspecified atom stereocenters. The number of carbonyl (C=O) groups is 1. The zero-order valence-corrected chi connectivity index (χ0v) is 16.0. The summed E-state index contributed by atoms with van der Waals surface area (Å²) < 4.78 is 0. The maximum atomic E-state index is 12.8. The van der Waals surface area contributed by atoms with Gasteiger partial charge in [-0.2, -0.15) is 0 Å². The number of thiazole rings is 1. The van der Waals surface area contributed by atoms with E-state index >= 15 is 0 Å². The van der Waals surface area contributed by atoms with Crippen LogP contribution in [0.15, 0.2) is 90.6 Å². The van der Waals surface area contributed by atoms with Crippen molar-refractivity contribution in [2.75, 3.05) is 5.32 Å². The zero-order chi connectivity index (χ0) is 19.2. The average molecular weight is 385 g/mol. The molecule has 1 amide bonds. The van der Waals surface area contributed by atoms with Crippen LogP contribution in [-0.4, -0.2) is 15.9 Å². The molecule has 0 aliphatic heterocycles. The number of nitrogens with zero attached hydrogens (tertiary/aromatic N) is 2. The highest BCUT2D eigenvalue weighted by Crippen LogP contribution is 2.29. The van der Waals surface area contributed by atoms with Crippen LogP contribution in [0.25, 0.3) is 11.3 Å². The summed E-state index contributed by atoms with van der Waals surface area (Å²) in [4.78, 5) is 21.4. The number of benzene rings is 2. The molecule has 4 nitrogen and oxygen atoms in total. The lowest BCUT2D eigenvalue weighted by molar-refractivity contribution is -0.116. The van der Waals surface area contributed by atoms with E-state index in [1.54, 1.807) is 12.4 Å². The van der Waals surface area contributed by atoms with Gasteiger partial charge in [-0.15, -0.1) is 11.3 Å². The number of hydrogen-bond donors (Lipinski definition) is 1. The van der Waals surface area contributed by atoms with Gasteiger partial charge in [0, 0.05) is 35.7 Å². The molecule has 4 rings (SSSR count). The molecule has 2 heterocycles. The average Bonchev–Trinajstić information content (AvgIpc) is 3.22. The maximum absolute atomic E-state index is 12.8. The fourth-order valence-corrected chi connectivity index (χ4v) is 3.87. The summed E-state index contributed by atoms with van der Waals surface area (Å²) in [6.45, 7) is 0. The molecule has 0 fully saturated rings. The number of nitrogens with one attached hydrogen (secondary N) is 1. The summed E-state index contributed by atoms with van der Waals surface area (Å²) >= 11 is 1.42. The Morgan fingerprint density at radius 2 is 1.61 bits per heavy atom. The first-order chi connectivity index (χ1) is 13.8. The highest BCUT2D eigenvalue weighted by atomic mass is 32.1. The molecule has 0 saturated carbocycles. The van der Waals surface area contributed by atoms with E-state index in [0.717, 1.165) is 22.4 Å². The number of rotatable bonds is 6. The predicted molar refractivity (Wildman–Crippen MR) is 113 cm³/mol. The van der Waals surface area contributed by atoms with E-state index in [4.69, 9.17) is 0 Å². The topological polar surface area (TPSA) is 54.9 Å². The fraction of sp³-hybridized carbons (Fsp3) is 0.0870. The highest BCUT2D eigenvalue weighted by Gasteiger charge is 2.19. The maximum Gasteiger partial charge on any atom is 0.227 e. The van der Waals surface area contributed by atoms with Gasteiger partial charge in [0.05, 0.1) is 5.69 Å². The van der Waals surface area contributed by atoms with E-state index in [2.05, 4.69) is 39.6 Å². The van der Waals surface area contributed by atoms with Gasteiger partial charge in [-0.25, -0.2) is 4.98 Å². The Labute approximate surface area is 167 Å². The number of amides is 1. The van der Waals surface area contributed by atoms with Crippen LogP contribution in [-0.2, 0) is 4.79 Å². The summed E-state index contributed by atoms with van der Waals surface area (Å²) in [5, 5.41) is 5.48. The van der Waals surface area contributed by atoms with Gasteiger partial charge >= 0.3 is 0 Å². The van der Waals surface area contributed by atoms with Gasteiger partial charge in [0.25, 0.3) is 0 Å². The summed E-state index contributed by atoms with van der Waals surface area (Å²) in [5.74, 6) is -0.0510. The van der Waals surface area contributed by atoms with Crippen LogP contribution in [0.4, 0.5) is 5.13 Å². The molecular formula is C23H19N3OS. The summed E-state index contributed by atoms with van der Waals surface area (Å²) in [6, 6.07) is 24.1. The van der Waals surface area contributed by atoms with E-state index in [-0.39, 0.29) is 11.8 Å². The highest BCUT2D eigenvalue weighted by molar-refractivity contribution is 7.14. The molecule has 1 N–H and O–H groups in total. The molecule has 0 bridgehead atoms. The van der Waals surface area contributed by atoms with E-state index in [0.29, 0.717) is 11.6 Å². The first kappa shape index (κ1) is 18.1. The third-order valence-electron chi connectivity index (χ3n) is 4.50. The minimum Gasteiger partial charge on any atom is -0.302 e. The minimum absolute atomic E-state index is 0.000144. The second kappa shape index (κ2) is 8.59. The van der Waals surface area contributed by atoms with Crippen LogP contribution < -0.4 is 5.32 Å². The molecule has 0 aliphatic rings. The lowest BCUT2D eigenvalue weighted by Gasteiger charge is -2.17. The quantitative estimate of drug-likeness (QED) is 0.486. The van der Waals surface area contributed by atoms with Crippen molar-refractivity contribution in [2.45, 2.75) is 12.3 Å². The second-order valence-corrected chi connectivity index (χ2v) is 7.26. The summed E-state index contributed by atoms with van der Waals surface area (Å²) in [6.07, 6.45) is 3.85. The van der Waals surface area contributed by atoms with Crippen molar-refractivity contribution in [2.24, 2.45) is 0 Å². The predicted octanol–water partition coefficient (Wildman–Crippen LogP) is 5.37. The molecule has 138 valence electrons. The second-order valence-electron chi connectivity index (χ2n) is 6.41. The Hall–Kier alpha value is -3.31.